The molecule has 2 aromatic carbocycles. The van der Waals surface area contributed by atoms with Crippen LogP contribution < -0.4 is 15.0 Å². The predicted molar refractivity (Wildman–Crippen MR) is 114 cm³/mol. The van der Waals surface area contributed by atoms with Gasteiger partial charge in [-0.2, -0.15) is 0 Å². The molecule has 0 spiro atoms. The Morgan fingerprint density at radius 2 is 1.86 bits per heavy atom. The molecule has 0 saturated carbocycles. The first kappa shape index (κ1) is 21.3. The molecule has 156 valence electrons. The van der Waals surface area contributed by atoms with E-state index in [4.69, 9.17) is 9.47 Å². The van der Waals surface area contributed by atoms with E-state index in [0.29, 0.717) is 12.5 Å². The zero-order valence-electron chi connectivity index (χ0n) is 17.8. The van der Waals surface area contributed by atoms with E-state index in [2.05, 4.69) is 50.4 Å². The molecule has 0 radical (unpaired) electrons. The summed E-state index contributed by atoms with van der Waals surface area (Å²) in [4.78, 5) is 13.8. The summed E-state index contributed by atoms with van der Waals surface area (Å²) in [6.07, 6.45) is 0. The number of aryl methyl sites for hydroxylation is 1. The Labute approximate surface area is 174 Å². The molecular formula is C24H33N2O3+. The molecule has 0 bridgehead atoms. The third kappa shape index (κ3) is 6.31. The van der Waals surface area contributed by atoms with Crippen molar-refractivity contribution in [1.82, 2.24) is 5.32 Å². The largest absolute Gasteiger partial charge is 0.484 e. The Hall–Kier alpha value is -2.37. The molecule has 0 unspecified atom stereocenters. The van der Waals surface area contributed by atoms with E-state index >= 15 is 0 Å². The van der Waals surface area contributed by atoms with Gasteiger partial charge in [-0.25, -0.2) is 0 Å². The Bertz CT molecular complexity index is 814. The lowest BCUT2D eigenvalue weighted by molar-refractivity contribution is -0.921. The smallest absolute Gasteiger partial charge is 0.258 e. The molecule has 1 aliphatic rings. The van der Waals surface area contributed by atoms with Crippen LogP contribution in [0.15, 0.2) is 42.5 Å². The number of morpholine rings is 1. The maximum absolute atomic E-state index is 12.3. The van der Waals surface area contributed by atoms with Crippen molar-refractivity contribution >= 4 is 5.91 Å². The molecule has 2 N–H and O–H groups in total. The van der Waals surface area contributed by atoms with Crippen LogP contribution in [0.25, 0.3) is 0 Å². The fourth-order valence-corrected chi connectivity index (χ4v) is 3.79. The Morgan fingerprint density at radius 1 is 1.14 bits per heavy atom. The normalized spacial score (nSPS) is 14.8. The summed E-state index contributed by atoms with van der Waals surface area (Å²) >= 11 is 0. The average molecular weight is 398 g/mol. The molecule has 0 aromatic heterocycles. The van der Waals surface area contributed by atoms with E-state index in [0.717, 1.165) is 44.2 Å². The quantitative estimate of drug-likeness (QED) is 0.718. The summed E-state index contributed by atoms with van der Waals surface area (Å²) in [5.74, 6) is 1.11. The van der Waals surface area contributed by atoms with Crippen LogP contribution in [0.1, 0.15) is 42.0 Å². The van der Waals surface area contributed by atoms with E-state index in [9.17, 15) is 4.79 Å². The van der Waals surface area contributed by atoms with Gasteiger partial charge in [0.1, 0.15) is 25.4 Å². The number of amides is 1. The van der Waals surface area contributed by atoms with Gasteiger partial charge in [0.25, 0.3) is 5.91 Å². The number of carbonyl (C=O) groups is 1. The number of hydrogen-bond acceptors (Lipinski definition) is 3. The first-order valence-electron chi connectivity index (χ1n) is 10.5. The summed E-state index contributed by atoms with van der Waals surface area (Å²) < 4.78 is 11.1. The van der Waals surface area contributed by atoms with Crippen molar-refractivity contribution in [2.45, 2.75) is 39.8 Å². The summed E-state index contributed by atoms with van der Waals surface area (Å²) in [6.45, 7) is 11.6. The Balaban J connectivity index is 1.50. The van der Waals surface area contributed by atoms with Gasteiger partial charge in [0, 0.05) is 12.1 Å². The van der Waals surface area contributed by atoms with Crippen LogP contribution in [0.4, 0.5) is 0 Å². The molecule has 1 aliphatic heterocycles. The lowest BCUT2D eigenvalue weighted by Crippen LogP contribution is -3.12. The van der Waals surface area contributed by atoms with Crippen LogP contribution in [0.3, 0.4) is 0 Å². The van der Waals surface area contributed by atoms with Crippen molar-refractivity contribution < 1.29 is 19.2 Å². The highest BCUT2D eigenvalue weighted by molar-refractivity contribution is 5.77. The second-order valence-corrected chi connectivity index (χ2v) is 8.05. The van der Waals surface area contributed by atoms with Gasteiger partial charge in [-0.15, -0.1) is 0 Å². The first-order chi connectivity index (χ1) is 14.0. The molecule has 0 atom stereocenters. The molecule has 1 saturated heterocycles. The van der Waals surface area contributed by atoms with Crippen molar-refractivity contribution in [1.29, 1.82) is 0 Å². The maximum atomic E-state index is 12.3. The summed E-state index contributed by atoms with van der Waals surface area (Å²) in [5, 5.41) is 2.99. The number of carbonyl (C=O) groups excluding carboxylic acids is 1. The highest BCUT2D eigenvalue weighted by atomic mass is 16.5. The van der Waals surface area contributed by atoms with Gasteiger partial charge in [0.05, 0.1) is 13.2 Å². The summed E-state index contributed by atoms with van der Waals surface area (Å²) in [6, 6.07) is 14.3. The third-order valence-corrected chi connectivity index (χ3v) is 5.47. The van der Waals surface area contributed by atoms with Gasteiger partial charge in [0.15, 0.2) is 6.61 Å². The van der Waals surface area contributed by atoms with E-state index in [1.165, 1.54) is 21.6 Å². The fourth-order valence-electron chi connectivity index (χ4n) is 3.79. The zero-order valence-corrected chi connectivity index (χ0v) is 17.8. The SMILES string of the molecule is Cc1cc(OCC(=O)NCc2ccccc2C[NH+]2CCOCC2)ccc1C(C)C. The number of nitrogens with one attached hydrogen (secondary N) is 2. The molecule has 5 nitrogen and oxygen atoms in total. The first-order valence-corrected chi connectivity index (χ1v) is 10.5. The highest BCUT2D eigenvalue weighted by Crippen LogP contribution is 2.23. The van der Waals surface area contributed by atoms with Crippen molar-refractivity contribution in [3.63, 3.8) is 0 Å². The van der Waals surface area contributed by atoms with Crippen LogP contribution in [0.5, 0.6) is 5.75 Å². The topological polar surface area (TPSA) is 52.0 Å². The monoisotopic (exact) mass is 397 g/mol. The third-order valence-electron chi connectivity index (χ3n) is 5.47. The van der Waals surface area contributed by atoms with E-state index in [1.807, 2.05) is 18.2 Å². The molecular weight excluding hydrogens is 364 g/mol. The van der Waals surface area contributed by atoms with Gasteiger partial charge in [0.2, 0.25) is 0 Å². The van der Waals surface area contributed by atoms with Crippen LogP contribution in [-0.4, -0.2) is 38.8 Å². The van der Waals surface area contributed by atoms with E-state index in [1.54, 1.807) is 0 Å². The second kappa shape index (κ2) is 10.4. The standard InChI is InChI=1S/C24H32N2O3/c1-18(2)23-9-8-22(14-19(23)3)29-17-24(27)25-15-20-6-4-5-7-21(20)16-26-10-12-28-13-11-26/h4-9,14,18H,10-13,15-17H2,1-3H3,(H,25,27)/p+1. The maximum Gasteiger partial charge on any atom is 0.258 e. The van der Waals surface area contributed by atoms with Crippen LogP contribution in [0.2, 0.25) is 0 Å². The summed E-state index contributed by atoms with van der Waals surface area (Å²) in [5.41, 5.74) is 4.95. The molecule has 3 rings (SSSR count). The minimum Gasteiger partial charge on any atom is -0.484 e. The van der Waals surface area contributed by atoms with Gasteiger partial charge in [-0.05, 0) is 41.7 Å². The van der Waals surface area contributed by atoms with Crippen LogP contribution in [0, 0.1) is 6.92 Å². The van der Waals surface area contributed by atoms with Crippen molar-refractivity contribution in [2.75, 3.05) is 32.9 Å². The highest BCUT2D eigenvalue weighted by Gasteiger charge is 2.16. The summed E-state index contributed by atoms with van der Waals surface area (Å²) in [7, 11) is 0. The fraction of sp³-hybridized carbons (Fsp3) is 0.458. The molecule has 1 amide bonds. The van der Waals surface area contributed by atoms with Gasteiger partial charge in [-0.3, -0.25) is 4.79 Å². The minimum absolute atomic E-state index is 0.0251. The Morgan fingerprint density at radius 3 is 2.55 bits per heavy atom. The van der Waals surface area contributed by atoms with Crippen LogP contribution >= 0.6 is 0 Å². The van der Waals surface area contributed by atoms with Crippen molar-refractivity contribution in [3.05, 3.63) is 64.7 Å². The second-order valence-electron chi connectivity index (χ2n) is 8.05. The van der Waals surface area contributed by atoms with Gasteiger partial charge < -0.3 is 19.7 Å². The lowest BCUT2D eigenvalue weighted by Gasteiger charge is -2.24. The molecule has 0 aliphatic carbocycles. The number of quaternary nitrogens is 1. The van der Waals surface area contributed by atoms with Crippen molar-refractivity contribution in [3.8, 4) is 5.75 Å². The van der Waals surface area contributed by atoms with E-state index < -0.39 is 0 Å². The van der Waals surface area contributed by atoms with Gasteiger partial charge >= 0.3 is 0 Å². The zero-order chi connectivity index (χ0) is 20.6. The molecule has 1 heterocycles. The number of ether oxygens (including phenoxy) is 2. The minimum atomic E-state index is -0.107. The molecule has 5 heteroatoms. The number of rotatable bonds is 8. The van der Waals surface area contributed by atoms with Gasteiger partial charge in [-0.1, -0.05) is 44.2 Å². The lowest BCUT2D eigenvalue weighted by atomic mass is 9.98. The van der Waals surface area contributed by atoms with Crippen molar-refractivity contribution in [2.24, 2.45) is 0 Å². The Kier molecular flexibility index (Phi) is 7.67. The molecule has 29 heavy (non-hydrogen) atoms. The van der Waals surface area contributed by atoms with Crippen LogP contribution in [-0.2, 0) is 22.6 Å². The number of hydrogen-bond donors (Lipinski definition) is 2. The average Bonchev–Trinajstić information content (AvgIpc) is 2.72. The molecule has 2 aromatic rings. The van der Waals surface area contributed by atoms with E-state index in [-0.39, 0.29) is 12.5 Å². The molecule has 1 fully saturated rings. The predicted octanol–water partition coefficient (Wildman–Crippen LogP) is 2.23. The number of benzene rings is 2.